The number of carbonyl (C=O) groups is 1. The van der Waals surface area contributed by atoms with E-state index in [-0.39, 0.29) is 0 Å². The summed E-state index contributed by atoms with van der Waals surface area (Å²) < 4.78 is 0. The number of Topliss-reactive ketones (excluding diaryl/α,β-unsaturated/α-hetero) is 1. The normalized spacial score (nSPS) is 10.0. The van der Waals surface area contributed by atoms with Crippen molar-refractivity contribution in [3.8, 4) is 0 Å². The maximum atomic E-state index is 11.0. The highest BCUT2D eigenvalue weighted by atomic mass is 32.2. The van der Waals surface area contributed by atoms with Gasteiger partial charge in [0.05, 0.1) is 0 Å². The molecule has 0 radical (unpaired) electrons. The quantitative estimate of drug-likeness (QED) is 0.552. The molecule has 0 aromatic rings. The fraction of sp³-hybridized carbons (Fsp3) is 0.889. The summed E-state index contributed by atoms with van der Waals surface area (Å²) >= 11 is 1.86. The molecule has 0 N–H and O–H groups in total. The molecule has 2 heteroatoms. The minimum Gasteiger partial charge on any atom is -0.300 e. The van der Waals surface area contributed by atoms with Crippen LogP contribution < -0.4 is 0 Å². The Morgan fingerprint density at radius 2 is 2.00 bits per heavy atom. The van der Waals surface area contributed by atoms with Crippen molar-refractivity contribution in [1.29, 1.82) is 0 Å². The van der Waals surface area contributed by atoms with Crippen molar-refractivity contribution in [1.82, 2.24) is 0 Å². The predicted molar refractivity (Wildman–Crippen MR) is 52.1 cm³/mol. The fourth-order valence-corrected chi connectivity index (χ4v) is 1.47. The Bertz CT molecular complexity index is 102. The van der Waals surface area contributed by atoms with Gasteiger partial charge in [0.25, 0.3) is 0 Å². The molecule has 0 aliphatic rings. The molecule has 0 aromatic heterocycles. The van der Waals surface area contributed by atoms with E-state index < -0.39 is 0 Å². The van der Waals surface area contributed by atoms with Crippen LogP contribution in [0.5, 0.6) is 0 Å². The van der Waals surface area contributed by atoms with Crippen LogP contribution in [-0.4, -0.2) is 17.8 Å². The van der Waals surface area contributed by atoms with Gasteiger partial charge in [-0.25, -0.2) is 0 Å². The molecule has 0 rings (SSSR count). The lowest BCUT2D eigenvalue weighted by atomic mass is 10.1. The Balaban J connectivity index is 3.04. The molecule has 66 valence electrons. The van der Waals surface area contributed by atoms with Gasteiger partial charge in [-0.1, -0.05) is 6.92 Å². The second-order valence-corrected chi connectivity index (χ2v) is 3.72. The molecule has 1 nitrogen and oxygen atoms in total. The zero-order valence-electron chi connectivity index (χ0n) is 7.56. The third-order valence-electron chi connectivity index (χ3n) is 1.58. The van der Waals surface area contributed by atoms with E-state index in [2.05, 4.69) is 13.2 Å². The number of carbonyl (C=O) groups excluding carboxylic acids is 1. The molecule has 0 saturated carbocycles. The predicted octanol–water partition coefficient (Wildman–Crippen LogP) is 2.89. The van der Waals surface area contributed by atoms with Crippen molar-refractivity contribution in [2.24, 2.45) is 0 Å². The van der Waals surface area contributed by atoms with Gasteiger partial charge in [-0.15, -0.1) is 0 Å². The van der Waals surface area contributed by atoms with Gasteiger partial charge in [-0.05, 0) is 31.3 Å². The van der Waals surface area contributed by atoms with Gasteiger partial charge in [0.15, 0.2) is 0 Å². The Hall–Kier alpha value is 0.0200. The van der Waals surface area contributed by atoms with Crippen LogP contribution in [0, 0.1) is 0 Å². The van der Waals surface area contributed by atoms with E-state index in [4.69, 9.17) is 0 Å². The van der Waals surface area contributed by atoms with Gasteiger partial charge in [-0.3, -0.25) is 4.79 Å². The van der Waals surface area contributed by atoms with Gasteiger partial charge in [-0.2, -0.15) is 11.8 Å². The van der Waals surface area contributed by atoms with E-state index in [0.717, 1.165) is 25.7 Å². The standard InChI is InChI=1S/C9H18OS/c1-3-6-9(10)7-4-5-8-11-2/h3-8H2,1-2H3. The number of rotatable bonds is 7. The van der Waals surface area contributed by atoms with Crippen molar-refractivity contribution in [2.45, 2.75) is 39.0 Å². The van der Waals surface area contributed by atoms with Crippen LogP contribution in [0.4, 0.5) is 0 Å². The third-order valence-corrected chi connectivity index (χ3v) is 2.28. The van der Waals surface area contributed by atoms with Crippen LogP contribution in [0.25, 0.3) is 0 Å². The van der Waals surface area contributed by atoms with Gasteiger partial charge < -0.3 is 0 Å². The lowest BCUT2D eigenvalue weighted by molar-refractivity contribution is -0.119. The zero-order valence-corrected chi connectivity index (χ0v) is 8.38. The van der Waals surface area contributed by atoms with Crippen molar-refractivity contribution < 1.29 is 4.79 Å². The molecule has 0 aliphatic heterocycles. The highest BCUT2D eigenvalue weighted by molar-refractivity contribution is 7.98. The van der Waals surface area contributed by atoms with E-state index in [0.29, 0.717) is 5.78 Å². The summed E-state index contributed by atoms with van der Waals surface area (Å²) in [5, 5.41) is 0. The first-order valence-corrected chi connectivity index (χ1v) is 5.71. The molecule has 0 fully saturated rings. The lowest BCUT2D eigenvalue weighted by Crippen LogP contribution is -1.96. The van der Waals surface area contributed by atoms with Crippen LogP contribution in [0.15, 0.2) is 0 Å². The number of thioether (sulfide) groups is 1. The monoisotopic (exact) mass is 174 g/mol. The largest absolute Gasteiger partial charge is 0.300 e. The Kier molecular flexibility index (Phi) is 8.13. The van der Waals surface area contributed by atoms with Gasteiger partial charge in [0.1, 0.15) is 5.78 Å². The minimum atomic E-state index is 0.439. The number of unbranched alkanes of at least 4 members (excludes halogenated alkanes) is 1. The molecule has 0 saturated heterocycles. The first-order valence-electron chi connectivity index (χ1n) is 4.32. The average Bonchev–Trinajstić information content (AvgIpc) is 1.99. The SMILES string of the molecule is CCCC(=O)CCCCSC. The summed E-state index contributed by atoms with van der Waals surface area (Å²) in [4.78, 5) is 11.0. The first kappa shape index (κ1) is 11.0. The third kappa shape index (κ3) is 7.92. The molecular formula is C9H18OS. The van der Waals surface area contributed by atoms with E-state index in [1.54, 1.807) is 0 Å². The maximum absolute atomic E-state index is 11.0. The summed E-state index contributed by atoms with van der Waals surface area (Å²) in [5.41, 5.74) is 0. The van der Waals surface area contributed by atoms with Crippen LogP contribution >= 0.6 is 11.8 Å². The molecule has 0 heterocycles. The number of hydrogen-bond acceptors (Lipinski definition) is 2. The Labute approximate surface area is 73.9 Å². The highest BCUT2D eigenvalue weighted by Crippen LogP contribution is 2.04. The topological polar surface area (TPSA) is 17.1 Å². The molecule has 0 aliphatic carbocycles. The zero-order chi connectivity index (χ0) is 8.53. The van der Waals surface area contributed by atoms with Crippen LogP contribution in [0.2, 0.25) is 0 Å². The van der Waals surface area contributed by atoms with Crippen LogP contribution in [0.3, 0.4) is 0 Å². The summed E-state index contributed by atoms with van der Waals surface area (Å²) in [7, 11) is 0. The number of hydrogen-bond donors (Lipinski definition) is 0. The highest BCUT2D eigenvalue weighted by Gasteiger charge is 1.98. The Morgan fingerprint density at radius 1 is 1.27 bits per heavy atom. The summed E-state index contributed by atoms with van der Waals surface area (Å²) in [6, 6.07) is 0. The Morgan fingerprint density at radius 3 is 2.55 bits per heavy atom. The summed E-state index contributed by atoms with van der Waals surface area (Å²) in [5.74, 6) is 1.63. The molecule has 0 unspecified atom stereocenters. The smallest absolute Gasteiger partial charge is 0.132 e. The van der Waals surface area contributed by atoms with E-state index in [9.17, 15) is 4.79 Å². The van der Waals surface area contributed by atoms with Gasteiger partial charge >= 0.3 is 0 Å². The molecule has 0 atom stereocenters. The average molecular weight is 174 g/mol. The van der Waals surface area contributed by atoms with Gasteiger partial charge in [0, 0.05) is 12.8 Å². The van der Waals surface area contributed by atoms with Crippen molar-refractivity contribution >= 4 is 17.5 Å². The second-order valence-electron chi connectivity index (χ2n) is 2.74. The molecule has 11 heavy (non-hydrogen) atoms. The van der Waals surface area contributed by atoms with Gasteiger partial charge in [0.2, 0.25) is 0 Å². The first-order chi connectivity index (χ1) is 5.31. The molecule has 0 amide bonds. The van der Waals surface area contributed by atoms with Crippen molar-refractivity contribution in [3.05, 3.63) is 0 Å². The van der Waals surface area contributed by atoms with Crippen molar-refractivity contribution in [2.75, 3.05) is 12.0 Å². The number of ketones is 1. The minimum absolute atomic E-state index is 0.439. The maximum Gasteiger partial charge on any atom is 0.132 e. The van der Waals surface area contributed by atoms with E-state index in [1.165, 1.54) is 12.2 Å². The second kappa shape index (κ2) is 8.12. The molecule has 0 spiro atoms. The van der Waals surface area contributed by atoms with Crippen molar-refractivity contribution in [3.63, 3.8) is 0 Å². The fourth-order valence-electron chi connectivity index (χ4n) is 0.972. The van der Waals surface area contributed by atoms with Crippen LogP contribution in [-0.2, 0) is 4.79 Å². The lowest BCUT2D eigenvalue weighted by Gasteiger charge is -1.97. The van der Waals surface area contributed by atoms with E-state index in [1.807, 2.05) is 11.8 Å². The summed E-state index contributed by atoms with van der Waals surface area (Å²) in [6.07, 6.45) is 6.96. The molecule has 0 aromatic carbocycles. The molecular weight excluding hydrogens is 156 g/mol. The summed E-state index contributed by atoms with van der Waals surface area (Å²) in [6.45, 7) is 2.06. The van der Waals surface area contributed by atoms with Crippen LogP contribution in [0.1, 0.15) is 39.0 Å². The molecule has 0 bridgehead atoms. The van der Waals surface area contributed by atoms with E-state index >= 15 is 0 Å².